The third-order valence-corrected chi connectivity index (χ3v) is 5.50. The summed E-state index contributed by atoms with van der Waals surface area (Å²) in [4.78, 5) is -0.0225. The van der Waals surface area contributed by atoms with E-state index in [0.717, 1.165) is 5.56 Å². The third kappa shape index (κ3) is 4.70. The molecule has 3 N–H and O–H groups in total. The van der Waals surface area contributed by atoms with Gasteiger partial charge in [0.25, 0.3) is 0 Å². The van der Waals surface area contributed by atoms with Gasteiger partial charge in [0.05, 0.1) is 5.02 Å². The minimum atomic E-state index is -3.74. The lowest BCUT2D eigenvalue weighted by atomic mass is 10.1. The monoisotopic (exact) mass is 404 g/mol. The molecule has 25 heavy (non-hydrogen) atoms. The molecule has 2 aromatic rings. The Labute approximate surface area is 157 Å². The fourth-order valence-corrected chi connectivity index (χ4v) is 3.91. The van der Waals surface area contributed by atoms with Crippen molar-refractivity contribution in [2.24, 2.45) is 0 Å². The molecule has 136 valence electrons. The van der Waals surface area contributed by atoms with Gasteiger partial charge >= 0.3 is 0 Å². The number of fused-ring (bicyclic) bond motifs is 1. The minimum Gasteiger partial charge on any atom is -0.486 e. The number of nitrogen functional groups attached to an aromatic ring is 1. The first kappa shape index (κ1) is 19.7. The van der Waals surface area contributed by atoms with Gasteiger partial charge in [-0.1, -0.05) is 23.7 Å². The van der Waals surface area contributed by atoms with Gasteiger partial charge in [-0.3, -0.25) is 0 Å². The summed E-state index contributed by atoms with van der Waals surface area (Å²) in [5.41, 5.74) is 7.28. The van der Waals surface area contributed by atoms with Crippen LogP contribution in [0.15, 0.2) is 41.3 Å². The molecule has 2 aromatic carbocycles. The number of ether oxygens (including phenoxy) is 2. The van der Waals surface area contributed by atoms with Gasteiger partial charge in [-0.05, 0) is 24.1 Å². The number of halogens is 2. The summed E-state index contributed by atoms with van der Waals surface area (Å²) in [5.74, 6) is 0.830. The maximum Gasteiger partial charge on any atom is 0.242 e. The first-order chi connectivity index (χ1) is 11.5. The first-order valence-corrected chi connectivity index (χ1v) is 9.25. The van der Waals surface area contributed by atoms with Crippen LogP contribution in [-0.4, -0.2) is 28.2 Å². The van der Waals surface area contributed by atoms with Crippen LogP contribution in [0.3, 0.4) is 0 Å². The summed E-state index contributed by atoms with van der Waals surface area (Å²) in [7, 11) is -3.74. The standard InChI is InChI=1S/C16H17ClN2O4S.ClH/c17-13-9-14-15(23-8-7-22-14)10-16(13)24(20,21)19-6-5-11-1-3-12(18)4-2-11;/h1-4,9-10,19H,5-8,18H2;1H. The molecule has 1 heterocycles. The molecule has 9 heteroatoms. The average Bonchev–Trinajstić information content (AvgIpc) is 2.56. The lowest BCUT2D eigenvalue weighted by Crippen LogP contribution is -2.26. The SMILES string of the molecule is Cl.Nc1ccc(CCNS(=O)(=O)c2cc3c(cc2Cl)OCCO3)cc1. The molecular formula is C16H18Cl2N2O4S. The molecule has 0 atom stereocenters. The zero-order chi connectivity index (χ0) is 17.2. The predicted octanol–water partition coefficient (Wildman–Crippen LogP) is 2.64. The zero-order valence-corrected chi connectivity index (χ0v) is 15.6. The Morgan fingerprint density at radius 1 is 1.08 bits per heavy atom. The van der Waals surface area contributed by atoms with Crippen LogP contribution in [0.4, 0.5) is 5.69 Å². The van der Waals surface area contributed by atoms with E-state index in [1.807, 2.05) is 12.1 Å². The van der Waals surface area contributed by atoms with Gasteiger partial charge in [0, 0.05) is 24.4 Å². The van der Waals surface area contributed by atoms with Crippen molar-refractivity contribution in [1.82, 2.24) is 4.72 Å². The molecule has 0 fully saturated rings. The number of benzene rings is 2. The van der Waals surface area contributed by atoms with Crippen molar-refractivity contribution in [1.29, 1.82) is 0 Å². The van der Waals surface area contributed by atoms with Gasteiger partial charge in [-0.2, -0.15) is 0 Å². The third-order valence-electron chi connectivity index (χ3n) is 3.57. The van der Waals surface area contributed by atoms with E-state index >= 15 is 0 Å². The molecule has 3 rings (SSSR count). The van der Waals surface area contributed by atoms with Crippen molar-refractivity contribution in [2.45, 2.75) is 11.3 Å². The largest absolute Gasteiger partial charge is 0.486 e. The summed E-state index contributed by atoms with van der Waals surface area (Å²) in [6.45, 7) is 1.03. The van der Waals surface area contributed by atoms with Crippen molar-refractivity contribution in [3.63, 3.8) is 0 Å². The second kappa shape index (κ2) is 8.14. The molecular weight excluding hydrogens is 387 g/mol. The number of anilines is 1. The molecule has 1 aliphatic rings. The van der Waals surface area contributed by atoms with Crippen LogP contribution >= 0.6 is 24.0 Å². The van der Waals surface area contributed by atoms with E-state index in [0.29, 0.717) is 36.8 Å². The summed E-state index contributed by atoms with van der Waals surface area (Å²) in [6.07, 6.45) is 0.543. The Bertz CT molecular complexity index is 842. The molecule has 0 aromatic heterocycles. The smallest absolute Gasteiger partial charge is 0.242 e. The Kier molecular flexibility index (Phi) is 6.40. The van der Waals surface area contributed by atoms with Crippen LogP contribution in [0.25, 0.3) is 0 Å². The van der Waals surface area contributed by atoms with Crippen molar-refractivity contribution >= 4 is 39.7 Å². The Hall–Kier alpha value is -1.67. The molecule has 0 amide bonds. The van der Waals surface area contributed by atoms with E-state index in [-0.39, 0.29) is 28.9 Å². The molecule has 0 radical (unpaired) electrons. The van der Waals surface area contributed by atoms with Crippen LogP contribution in [0.5, 0.6) is 11.5 Å². The molecule has 0 saturated carbocycles. The molecule has 0 aliphatic carbocycles. The Morgan fingerprint density at radius 2 is 1.68 bits per heavy atom. The van der Waals surface area contributed by atoms with Gasteiger partial charge in [0.15, 0.2) is 11.5 Å². The number of nitrogens with one attached hydrogen (secondary N) is 1. The highest BCUT2D eigenvalue weighted by atomic mass is 35.5. The van der Waals surface area contributed by atoms with Crippen molar-refractivity contribution in [3.05, 3.63) is 47.0 Å². The van der Waals surface area contributed by atoms with E-state index in [9.17, 15) is 8.42 Å². The number of rotatable bonds is 5. The molecule has 1 aliphatic heterocycles. The summed E-state index contributed by atoms with van der Waals surface area (Å²) < 4.78 is 38.3. The van der Waals surface area contributed by atoms with Gasteiger partial charge in [0.1, 0.15) is 18.1 Å². The van der Waals surface area contributed by atoms with E-state index < -0.39 is 10.0 Å². The average molecular weight is 405 g/mol. The highest BCUT2D eigenvalue weighted by Crippen LogP contribution is 2.37. The topological polar surface area (TPSA) is 90.7 Å². The van der Waals surface area contributed by atoms with E-state index in [2.05, 4.69) is 4.72 Å². The molecule has 0 spiro atoms. The molecule has 0 bridgehead atoms. The number of sulfonamides is 1. The predicted molar refractivity (Wildman–Crippen MR) is 99.4 cm³/mol. The normalized spacial score (nSPS) is 13.2. The Balaban J connectivity index is 0.00000225. The minimum absolute atomic E-state index is 0. The molecule has 0 saturated heterocycles. The van der Waals surface area contributed by atoms with Crippen LogP contribution in [0, 0.1) is 0 Å². The first-order valence-electron chi connectivity index (χ1n) is 7.39. The summed E-state index contributed by atoms with van der Waals surface area (Å²) in [5, 5.41) is 0.0965. The van der Waals surface area contributed by atoms with Gasteiger partial charge in [-0.15, -0.1) is 12.4 Å². The molecule has 6 nitrogen and oxygen atoms in total. The van der Waals surface area contributed by atoms with E-state index in [1.165, 1.54) is 12.1 Å². The second-order valence-electron chi connectivity index (χ2n) is 5.32. The Morgan fingerprint density at radius 3 is 2.32 bits per heavy atom. The van der Waals surface area contributed by atoms with Crippen LogP contribution < -0.4 is 19.9 Å². The van der Waals surface area contributed by atoms with Gasteiger partial charge in [0.2, 0.25) is 10.0 Å². The highest BCUT2D eigenvalue weighted by molar-refractivity contribution is 7.89. The summed E-state index contributed by atoms with van der Waals surface area (Å²) >= 11 is 6.09. The maximum atomic E-state index is 12.5. The van der Waals surface area contributed by atoms with Crippen molar-refractivity contribution in [2.75, 3.05) is 25.5 Å². The summed E-state index contributed by atoms with van der Waals surface area (Å²) in [6, 6.07) is 10.1. The maximum absolute atomic E-state index is 12.5. The van der Waals surface area contributed by atoms with Crippen molar-refractivity contribution in [3.8, 4) is 11.5 Å². The number of hydrogen-bond acceptors (Lipinski definition) is 5. The molecule has 0 unspecified atom stereocenters. The van der Waals surface area contributed by atoms with Gasteiger partial charge in [-0.25, -0.2) is 13.1 Å². The quantitative estimate of drug-likeness (QED) is 0.747. The second-order valence-corrected chi connectivity index (χ2v) is 7.46. The van der Waals surface area contributed by atoms with Crippen molar-refractivity contribution < 1.29 is 17.9 Å². The van der Waals surface area contributed by atoms with Crippen LogP contribution in [0.1, 0.15) is 5.56 Å². The van der Waals surface area contributed by atoms with Crippen LogP contribution in [0.2, 0.25) is 5.02 Å². The highest BCUT2D eigenvalue weighted by Gasteiger charge is 2.23. The van der Waals surface area contributed by atoms with E-state index in [1.54, 1.807) is 12.1 Å². The van der Waals surface area contributed by atoms with Gasteiger partial charge < -0.3 is 15.2 Å². The van der Waals surface area contributed by atoms with Crippen LogP contribution in [-0.2, 0) is 16.4 Å². The lowest BCUT2D eigenvalue weighted by molar-refractivity contribution is 0.171. The van der Waals surface area contributed by atoms with E-state index in [4.69, 9.17) is 26.8 Å². The fourth-order valence-electron chi connectivity index (χ4n) is 2.34. The number of nitrogens with two attached hydrogens (primary N) is 1. The fraction of sp³-hybridized carbons (Fsp3) is 0.250. The zero-order valence-electron chi connectivity index (χ0n) is 13.2. The number of hydrogen-bond donors (Lipinski definition) is 2. The lowest BCUT2D eigenvalue weighted by Gasteiger charge is -2.19.